The standard InChI is InChI=1S/C32H48O4/c1-20-21-10-11-24-30(4,22(21)18-23(34-7)26(20)35-8)15-17-32(6)25-19-29(3,27(33)36-9)13-12-28(25,2)14-16-31(24,32)5/h18,24-25H,10-17,19H2,1-9H3/t24-,25+,28+,29+,30-,31+,32-/m0/s1. The van der Waals surface area contributed by atoms with Crippen LogP contribution in [0, 0.1) is 40.4 Å². The predicted molar refractivity (Wildman–Crippen MR) is 144 cm³/mol. The average Bonchev–Trinajstić information content (AvgIpc) is 2.86. The fourth-order valence-corrected chi connectivity index (χ4v) is 10.2. The van der Waals surface area contributed by atoms with Crippen molar-refractivity contribution in [1.82, 2.24) is 0 Å². The maximum absolute atomic E-state index is 12.9. The van der Waals surface area contributed by atoms with E-state index in [0.717, 1.165) is 37.2 Å². The Labute approximate surface area is 218 Å². The molecule has 5 rings (SSSR count). The first-order chi connectivity index (χ1) is 16.8. The van der Waals surface area contributed by atoms with E-state index in [0.29, 0.717) is 17.3 Å². The molecule has 0 aromatic heterocycles. The highest BCUT2D eigenvalue weighted by atomic mass is 16.5. The van der Waals surface area contributed by atoms with Crippen molar-refractivity contribution in [3.05, 3.63) is 22.8 Å². The van der Waals surface area contributed by atoms with E-state index in [4.69, 9.17) is 14.2 Å². The predicted octanol–water partition coefficient (Wildman–Crippen LogP) is 7.42. The van der Waals surface area contributed by atoms with Crippen LogP contribution < -0.4 is 9.47 Å². The van der Waals surface area contributed by atoms with Gasteiger partial charge < -0.3 is 14.2 Å². The quantitative estimate of drug-likeness (QED) is 0.409. The molecule has 4 heteroatoms. The molecule has 3 saturated carbocycles. The van der Waals surface area contributed by atoms with Crippen LogP contribution in [0.15, 0.2) is 6.07 Å². The lowest BCUT2D eigenvalue weighted by Crippen LogP contribution is -2.65. The lowest BCUT2D eigenvalue weighted by Gasteiger charge is -2.72. The molecule has 1 aromatic rings. The number of hydrogen-bond acceptors (Lipinski definition) is 4. The molecule has 7 atom stereocenters. The highest BCUT2D eigenvalue weighted by molar-refractivity contribution is 5.76. The summed E-state index contributed by atoms with van der Waals surface area (Å²) in [7, 11) is 5.07. The van der Waals surface area contributed by atoms with Crippen LogP contribution in [-0.2, 0) is 21.4 Å². The van der Waals surface area contributed by atoms with Crippen molar-refractivity contribution >= 4 is 5.97 Å². The molecule has 0 amide bonds. The number of ether oxygens (including phenoxy) is 3. The largest absolute Gasteiger partial charge is 0.493 e. The molecular formula is C32H48O4. The van der Waals surface area contributed by atoms with Gasteiger partial charge in [0, 0.05) is 0 Å². The van der Waals surface area contributed by atoms with Gasteiger partial charge in [0.25, 0.3) is 0 Å². The minimum absolute atomic E-state index is 0.0100. The Hall–Kier alpha value is -1.71. The zero-order valence-corrected chi connectivity index (χ0v) is 24.2. The molecule has 4 aliphatic carbocycles. The fourth-order valence-electron chi connectivity index (χ4n) is 10.2. The van der Waals surface area contributed by atoms with Crippen molar-refractivity contribution in [1.29, 1.82) is 0 Å². The first-order valence-corrected chi connectivity index (χ1v) is 14.2. The van der Waals surface area contributed by atoms with E-state index >= 15 is 0 Å². The smallest absolute Gasteiger partial charge is 0.311 e. The van der Waals surface area contributed by atoms with Gasteiger partial charge in [0.15, 0.2) is 11.5 Å². The van der Waals surface area contributed by atoms with Crippen molar-refractivity contribution in [2.24, 2.45) is 33.5 Å². The summed E-state index contributed by atoms with van der Waals surface area (Å²) >= 11 is 0. The van der Waals surface area contributed by atoms with E-state index in [1.54, 1.807) is 21.3 Å². The minimum Gasteiger partial charge on any atom is -0.493 e. The molecule has 1 aromatic carbocycles. The summed E-state index contributed by atoms with van der Waals surface area (Å²) in [5.41, 5.74) is 4.75. The molecular weight excluding hydrogens is 448 g/mol. The number of carbonyl (C=O) groups is 1. The summed E-state index contributed by atoms with van der Waals surface area (Å²) < 4.78 is 16.9. The minimum atomic E-state index is -0.360. The summed E-state index contributed by atoms with van der Waals surface area (Å²) in [6.07, 6.45) is 10.3. The third-order valence-corrected chi connectivity index (χ3v) is 12.8. The van der Waals surface area contributed by atoms with Gasteiger partial charge in [-0.25, -0.2) is 0 Å². The molecule has 0 radical (unpaired) electrons. The maximum atomic E-state index is 12.9. The maximum Gasteiger partial charge on any atom is 0.311 e. The number of rotatable bonds is 3. The number of benzene rings is 1. The van der Waals surface area contributed by atoms with Crippen molar-refractivity contribution in [2.75, 3.05) is 21.3 Å². The number of carbonyl (C=O) groups excluding carboxylic acids is 1. The highest BCUT2D eigenvalue weighted by Crippen LogP contribution is 2.75. The zero-order chi connectivity index (χ0) is 26.3. The Morgan fingerprint density at radius 2 is 1.50 bits per heavy atom. The van der Waals surface area contributed by atoms with Crippen LogP contribution >= 0.6 is 0 Å². The van der Waals surface area contributed by atoms with E-state index in [1.807, 2.05) is 0 Å². The lowest BCUT2D eigenvalue weighted by molar-refractivity contribution is -0.214. The molecule has 4 aliphatic rings. The molecule has 0 heterocycles. The Balaban J connectivity index is 1.59. The molecule has 3 fully saturated rings. The Morgan fingerprint density at radius 1 is 0.861 bits per heavy atom. The monoisotopic (exact) mass is 496 g/mol. The SMILES string of the molecule is COC(=O)[C@]1(C)CC[C@]2(C)CC[C@]3(C)[C@H]4CCc5c(cc(OC)c(OC)c5C)[C@]4(C)CC[C@@]3(C)[C@@H]2C1. The lowest BCUT2D eigenvalue weighted by atomic mass is 9.32. The van der Waals surface area contributed by atoms with Crippen molar-refractivity contribution < 1.29 is 19.0 Å². The summed E-state index contributed by atoms with van der Waals surface area (Å²) in [5.74, 6) is 2.91. The first kappa shape index (κ1) is 25.9. The van der Waals surface area contributed by atoms with Gasteiger partial charge in [0.2, 0.25) is 0 Å². The second-order valence-electron chi connectivity index (χ2n) is 14.1. The second-order valence-corrected chi connectivity index (χ2v) is 14.1. The van der Waals surface area contributed by atoms with Crippen LogP contribution in [0.2, 0.25) is 0 Å². The van der Waals surface area contributed by atoms with Gasteiger partial charge >= 0.3 is 5.97 Å². The van der Waals surface area contributed by atoms with Crippen LogP contribution in [0.1, 0.15) is 103 Å². The molecule has 200 valence electrons. The third kappa shape index (κ3) is 3.14. The molecule has 0 N–H and O–H groups in total. The van der Waals surface area contributed by atoms with Crippen molar-refractivity contribution in [3.8, 4) is 11.5 Å². The molecule has 4 nitrogen and oxygen atoms in total. The van der Waals surface area contributed by atoms with Crippen LogP contribution in [0.25, 0.3) is 0 Å². The number of hydrogen-bond donors (Lipinski definition) is 0. The van der Waals surface area contributed by atoms with Crippen molar-refractivity contribution in [2.45, 2.75) is 105 Å². The number of methoxy groups -OCH3 is 3. The Bertz CT molecular complexity index is 1080. The van der Waals surface area contributed by atoms with Gasteiger partial charge in [-0.2, -0.15) is 0 Å². The molecule has 0 aliphatic heterocycles. The summed E-state index contributed by atoms with van der Waals surface area (Å²) in [6, 6.07) is 2.31. The number of fused-ring (bicyclic) bond motifs is 7. The van der Waals surface area contributed by atoms with E-state index in [-0.39, 0.29) is 27.6 Å². The van der Waals surface area contributed by atoms with Gasteiger partial charge in [0.1, 0.15) is 0 Å². The van der Waals surface area contributed by atoms with Gasteiger partial charge in [-0.15, -0.1) is 0 Å². The number of esters is 1. The average molecular weight is 497 g/mol. The van der Waals surface area contributed by atoms with Crippen LogP contribution in [0.3, 0.4) is 0 Å². The normalized spacial score (nSPS) is 43.4. The molecule has 0 bridgehead atoms. The fraction of sp³-hybridized carbons (Fsp3) is 0.781. The van der Waals surface area contributed by atoms with Crippen LogP contribution in [0.5, 0.6) is 11.5 Å². The summed E-state index contributed by atoms with van der Waals surface area (Å²) in [5, 5.41) is 0. The third-order valence-electron chi connectivity index (χ3n) is 12.8. The summed E-state index contributed by atoms with van der Waals surface area (Å²) in [4.78, 5) is 12.9. The molecule has 0 saturated heterocycles. The van der Waals surface area contributed by atoms with E-state index < -0.39 is 0 Å². The van der Waals surface area contributed by atoms with E-state index in [2.05, 4.69) is 47.6 Å². The van der Waals surface area contributed by atoms with E-state index in [9.17, 15) is 4.79 Å². The van der Waals surface area contributed by atoms with Crippen molar-refractivity contribution in [3.63, 3.8) is 0 Å². The molecule has 36 heavy (non-hydrogen) atoms. The van der Waals surface area contributed by atoms with Gasteiger partial charge in [-0.05, 0) is 128 Å². The molecule has 0 unspecified atom stereocenters. The highest BCUT2D eigenvalue weighted by Gasteiger charge is 2.68. The van der Waals surface area contributed by atoms with Gasteiger partial charge in [-0.1, -0.05) is 27.7 Å². The van der Waals surface area contributed by atoms with Gasteiger partial charge in [0.05, 0.1) is 26.7 Å². The Morgan fingerprint density at radius 3 is 2.14 bits per heavy atom. The zero-order valence-electron chi connectivity index (χ0n) is 24.2. The van der Waals surface area contributed by atoms with Crippen LogP contribution in [-0.4, -0.2) is 27.3 Å². The van der Waals surface area contributed by atoms with E-state index in [1.165, 1.54) is 48.8 Å². The van der Waals surface area contributed by atoms with Crippen LogP contribution in [0.4, 0.5) is 0 Å². The topological polar surface area (TPSA) is 44.8 Å². The Kier molecular flexibility index (Phi) is 5.86. The molecule has 0 spiro atoms. The van der Waals surface area contributed by atoms with Gasteiger partial charge in [-0.3, -0.25) is 4.79 Å². The second kappa shape index (κ2) is 8.14. The first-order valence-electron chi connectivity index (χ1n) is 14.2. The summed E-state index contributed by atoms with van der Waals surface area (Å²) in [6.45, 7) is 14.7.